The topological polar surface area (TPSA) is 36.9 Å². The molecule has 1 aromatic carbocycles. The molecule has 0 spiro atoms. The van der Waals surface area contributed by atoms with Crippen molar-refractivity contribution in [3.8, 4) is 17.2 Å². The molecule has 0 radical (unpaired) electrons. The van der Waals surface area contributed by atoms with Crippen molar-refractivity contribution in [1.82, 2.24) is 0 Å². The van der Waals surface area contributed by atoms with Gasteiger partial charge in [-0.05, 0) is 17.7 Å². The molecule has 1 aromatic rings. The van der Waals surface area contributed by atoms with Crippen LogP contribution in [0.25, 0.3) is 0 Å². The van der Waals surface area contributed by atoms with Crippen LogP contribution in [0, 0.1) is 0 Å². The van der Waals surface area contributed by atoms with Gasteiger partial charge in [-0.3, -0.25) is 0 Å². The van der Waals surface area contributed by atoms with Gasteiger partial charge in [-0.2, -0.15) is 0 Å². The van der Waals surface area contributed by atoms with Gasteiger partial charge >= 0.3 is 0 Å². The summed E-state index contributed by atoms with van der Waals surface area (Å²) in [5.41, 5.74) is 1.07. The van der Waals surface area contributed by atoms with Crippen molar-refractivity contribution in [2.24, 2.45) is 0 Å². The zero-order chi connectivity index (χ0) is 12.5. The highest BCUT2D eigenvalue weighted by atomic mass is 79.9. The molecule has 0 aromatic heterocycles. The molecule has 5 heteroatoms. The zero-order valence-electron chi connectivity index (χ0n) is 10.1. The molecule has 1 aliphatic heterocycles. The lowest BCUT2D eigenvalue weighted by molar-refractivity contribution is -0.00714. The van der Waals surface area contributed by atoms with Gasteiger partial charge in [-0.1, -0.05) is 15.9 Å². The molecule has 0 aliphatic carbocycles. The smallest absolute Gasteiger partial charge is 0.203 e. The van der Waals surface area contributed by atoms with Crippen LogP contribution in [0.3, 0.4) is 0 Å². The first kappa shape index (κ1) is 12.5. The van der Waals surface area contributed by atoms with E-state index in [1.807, 2.05) is 12.1 Å². The Morgan fingerprint density at radius 2 is 1.59 bits per heavy atom. The van der Waals surface area contributed by atoms with Crippen LogP contribution in [-0.4, -0.2) is 34.5 Å². The molecule has 0 bridgehead atoms. The molecule has 1 heterocycles. The highest BCUT2D eigenvalue weighted by Gasteiger charge is 2.38. The van der Waals surface area contributed by atoms with Gasteiger partial charge in [0, 0.05) is 0 Å². The van der Waals surface area contributed by atoms with Crippen molar-refractivity contribution >= 4 is 15.9 Å². The summed E-state index contributed by atoms with van der Waals surface area (Å²) >= 11 is 3.67. The summed E-state index contributed by atoms with van der Waals surface area (Å²) in [5.74, 6) is 1.93. The summed E-state index contributed by atoms with van der Waals surface area (Å²) in [5, 5.41) is 0. The summed E-state index contributed by atoms with van der Waals surface area (Å²) in [4.78, 5) is 0. The maximum atomic E-state index is 5.32. The first-order chi connectivity index (χ1) is 8.14. The van der Waals surface area contributed by atoms with Crippen molar-refractivity contribution in [3.05, 3.63) is 17.7 Å². The van der Waals surface area contributed by atoms with Gasteiger partial charge in [0.1, 0.15) is 0 Å². The molecule has 0 atom stereocenters. The van der Waals surface area contributed by atoms with Gasteiger partial charge in [-0.15, -0.1) is 0 Å². The lowest BCUT2D eigenvalue weighted by Gasteiger charge is -2.36. The second-order valence-electron chi connectivity index (χ2n) is 3.87. The number of methoxy groups -OCH3 is 3. The van der Waals surface area contributed by atoms with E-state index < -0.39 is 0 Å². The van der Waals surface area contributed by atoms with E-state index in [9.17, 15) is 0 Å². The Kier molecular flexibility index (Phi) is 3.49. The predicted octanol–water partition coefficient (Wildman–Crippen LogP) is 2.33. The Bertz CT molecular complexity index is 390. The number of benzene rings is 1. The van der Waals surface area contributed by atoms with Gasteiger partial charge in [0.15, 0.2) is 11.5 Å². The summed E-state index contributed by atoms with van der Waals surface area (Å²) < 4.78 is 21.0. The van der Waals surface area contributed by atoms with Gasteiger partial charge in [0.25, 0.3) is 0 Å². The molecule has 0 N–H and O–H groups in total. The monoisotopic (exact) mass is 302 g/mol. The number of hydrogen-bond donors (Lipinski definition) is 0. The number of rotatable bonds is 4. The van der Waals surface area contributed by atoms with Crippen LogP contribution < -0.4 is 14.2 Å². The number of halogens is 1. The summed E-state index contributed by atoms with van der Waals surface area (Å²) in [7, 11) is 4.81. The number of alkyl halides is 1. The third-order valence-electron chi connectivity index (χ3n) is 2.84. The Labute approximate surface area is 109 Å². The van der Waals surface area contributed by atoms with Crippen LogP contribution in [0.2, 0.25) is 0 Å². The van der Waals surface area contributed by atoms with E-state index in [1.165, 1.54) is 0 Å². The fraction of sp³-hybridized carbons (Fsp3) is 0.500. The summed E-state index contributed by atoms with van der Waals surface area (Å²) in [6, 6.07) is 3.89. The van der Waals surface area contributed by atoms with Crippen LogP contribution in [0.15, 0.2) is 12.1 Å². The Hall–Kier alpha value is -0.940. The average Bonchev–Trinajstić information content (AvgIpc) is 2.33. The minimum atomic E-state index is -0.139. The summed E-state index contributed by atoms with van der Waals surface area (Å²) in [6.45, 7) is 1.29. The van der Waals surface area contributed by atoms with Crippen molar-refractivity contribution in [2.45, 2.75) is 4.32 Å². The zero-order valence-corrected chi connectivity index (χ0v) is 11.7. The van der Waals surface area contributed by atoms with Crippen LogP contribution >= 0.6 is 15.9 Å². The molecule has 0 unspecified atom stereocenters. The maximum Gasteiger partial charge on any atom is 0.203 e. The number of ether oxygens (including phenoxy) is 4. The van der Waals surface area contributed by atoms with Crippen LogP contribution in [0.4, 0.5) is 0 Å². The minimum Gasteiger partial charge on any atom is -0.493 e. The number of hydrogen-bond acceptors (Lipinski definition) is 4. The Morgan fingerprint density at radius 1 is 1.06 bits per heavy atom. The largest absolute Gasteiger partial charge is 0.493 e. The molecule has 2 rings (SSSR count). The predicted molar refractivity (Wildman–Crippen MR) is 67.5 cm³/mol. The van der Waals surface area contributed by atoms with Gasteiger partial charge < -0.3 is 18.9 Å². The lowest BCUT2D eigenvalue weighted by atomic mass is 9.96. The third kappa shape index (κ3) is 2.09. The van der Waals surface area contributed by atoms with Gasteiger partial charge in [0.05, 0.1) is 38.9 Å². The lowest BCUT2D eigenvalue weighted by Crippen LogP contribution is -2.41. The van der Waals surface area contributed by atoms with E-state index in [2.05, 4.69) is 15.9 Å². The molecule has 4 nitrogen and oxygen atoms in total. The minimum absolute atomic E-state index is 0.139. The molecule has 1 fully saturated rings. The molecule has 17 heavy (non-hydrogen) atoms. The Balaban J connectivity index is 2.48. The van der Waals surface area contributed by atoms with Crippen molar-refractivity contribution in [3.63, 3.8) is 0 Å². The van der Waals surface area contributed by atoms with E-state index >= 15 is 0 Å². The SMILES string of the molecule is COc1cc(C2(Br)COC2)cc(OC)c1OC. The van der Waals surface area contributed by atoms with E-state index in [-0.39, 0.29) is 4.32 Å². The molecule has 0 amide bonds. The van der Waals surface area contributed by atoms with E-state index in [4.69, 9.17) is 18.9 Å². The second-order valence-corrected chi connectivity index (χ2v) is 5.39. The van der Waals surface area contributed by atoms with Crippen molar-refractivity contribution < 1.29 is 18.9 Å². The van der Waals surface area contributed by atoms with E-state index in [1.54, 1.807) is 21.3 Å². The van der Waals surface area contributed by atoms with Crippen molar-refractivity contribution in [1.29, 1.82) is 0 Å². The molecule has 1 aliphatic rings. The second kappa shape index (κ2) is 4.74. The molecule has 94 valence electrons. The fourth-order valence-electron chi connectivity index (χ4n) is 1.79. The Morgan fingerprint density at radius 3 is 1.88 bits per heavy atom. The van der Waals surface area contributed by atoms with Crippen LogP contribution in [0.1, 0.15) is 5.56 Å². The molecule has 0 saturated carbocycles. The standard InChI is InChI=1S/C12H15BrO4/c1-14-9-4-8(12(13)6-17-7-12)5-10(15-2)11(9)16-3/h4-5H,6-7H2,1-3H3. The van der Waals surface area contributed by atoms with Crippen LogP contribution in [-0.2, 0) is 9.06 Å². The van der Waals surface area contributed by atoms with E-state index in [0.717, 1.165) is 5.56 Å². The molecule has 1 saturated heterocycles. The summed E-state index contributed by atoms with van der Waals surface area (Å²) in [6.07, 6.45) is 0. The molecular weight excluding hydrogens is 288 g/mol. The highest BCUT2D eigenvalue weighted by molar-refractivity contribution is 9.09. The van der Waals surface area contributed by atoms with Gasteiger partial charge in [0.2, 0.25) is 5.75 Å². The maximum absolute atomic E-state index is 5.32. The fourth-order valence-corrected chi connectivity index (χ4v) is 2.34. The average molecular weight is 303 g/mol. The quantitative estimate of drug-likeness (QED) is 0.800. The van der Waals surface area contributed by atoms with E-state index in [0.29, 0.717) is 30.5 Å². The first-order valence-corrected chi connectivity index (χ1v) is 6.01. The molecular formula is C12H15BrO4. The van der Waals surface area contributed by atoms with Gasteiger partial charge in [-0.25, -0.2) is 0 Å². The highest BCUT2D eigenvalue weighted by Crippen LogP contribution is 2.46. The first-order valence-electron chi connectivity index (χ1n) is 5.22. The van der Waals surface area contributed by atoms with Crippen LogP contribution in [0.5, 0.6) is 17.2 Å². The van der Waals surface area contributed by atoms with Crippen molar-refractivity contribution in [2.75, 3.05) is 34.5 Å². The normalized spacial score (nSPS) is 17.2. The third-order valence-corrected chi connectivity index (χ3v) is 3.76.